The maximum atomic E-state index is 12.7. The standard InChI is InChI=1S/C21H24N4O5S/c1-13-7-5-6-8-19(13)31(28,29)24-16-11-18(21(26)27)20(22-12-16)25(4)10-9-17-14(2)23-30-15(17)3/h5-8,11-12,24H,9-10H2,1-4H3,(H,26,27). The molecule has 10 heteroatoms. The summed E-state index contributed by atoms with van der Waals surface area (Å²) in [7, 11) is -2.16. The van der Waals surface area contributed by atoms with Crippen LogP contribution in [0.25, 0.3) is 0 Å². The third-order valence-corrected chi connectivity index (χ3v) is 6.51. The van der Waals surface area contributed by atoms with Crippen molar-refractivity contribution in [1.82, 2.24) is 10.1 Å². The average molecular weight is 445 g/mol. The molecule has 0 fully saturated rings. The van der Waals surface area contributed by atoms with Crippen molar-refractivity contribution in [3.63, 3.8) is 0 Å². The summed E-state index contributed by atoms with van der Waals surface area (Å²) < 4.78 is 33.0. The molecule has 0 unspecified atom stereocenters. The number of benzene rings is 1. The van der Waals surface area contributed by atoms with Crippen molar-refractivity contribution in [2.75, 3.05) is 23.2 Å². The van der Waals surface area contributed by atoms with Gasteiger partial charge < -0.3 is 14.5 Å². The summed E-state index contributed by atoms with van der Waals surface area (Å²) in [5, 5.41) is 13.6. The molecule has 3 rings (SSSR count). The first-order valence-electron chi connectivity index (χ1n) is 9.55. The predicted molar refractivity (Wildman–Crippen MR) is 116 cm³/mol. The number of hydrogen-bond donors (Lipinski definition) is 2. The van der Waals surface area contributed by atoms with Crippen LogP contribution in [0.1, 0.15) is 32.9 Å². The van der Waals surface area contributed by atoms with Crippen LogP contribution in [-0.2, 0) is 16.4 Å². The minimum Gasteiger partial charge on any atom is -0.478 e. The molecule has 0 radical (unpaired) electrons. The molecule has 0 saturated carbocycles. The van der Waals surface area contributed by atoms with Gasteiger partial charge in [0.25, 0.3) is 10.0 Å². The van der Waals surface area contributed by atoms with Gasteiger partial charge in [-0.05, 0) is 44.9 Å². The van der Waals surface area contributed by atoms with E-state index in [0.717, 1.165) is 17.0 Å². The van der Waals surface area contributed by atoms with Crippen molar-refractivity contribution in [3.8, 4) is 0 Å². The highest BCUT2D eigenvalue weighted by molar-refractivity contribution is 7.92. The van der Waals surface area contributed by atoms with Crippen LogP contribution in [0.4, 0.5) is 11.5 Å². The summed E-state index contributed by atoms with van der Waals surface area (Å²) in [5.41, 5.74) is 2.30. The first kappa shape index (κ1) is 22.3. The number of carbonyl (C=O) groups is 1. The van der Waals surface area contributed by atoms with E-state index in [2.05, 4.69) is 14.9 Å². The molecule has 164 valence electrons. The molecule has 2 aromatic heterocycles. The average Bonchev–Trinajstić information content (AvgIpc) is 3.03. The van der Waals surface area contributed by atoms with E-state index < -0.39 is 16.0 Å². The highest BCUT2D eigenvalue weighted by atomic mass is 32.2. The van der Waals surface area contributed by atoms with Crippen LogP contribution in [0, 0.1) is 20.8 Å². The van der Waals surface area contributed by atoms with Crippen LogP contribution >= 0.6 is 0 Å². The molecule has 0 aliphatic heterocycles. The lowest BCUT2D eigenvalue weighted by atomic mass is 10.1. The van der Waals surface area contributed by atoms with Crippen LogP contribution in [0.5, 0.6) is 0 Å². The lowest BCUT2D eigenvalue weighted by molar-refractivity contribution is 0.0697. The van der Waals surface area contributed by atoms with Gasteiger partial charge in [0.05, 0.1) is 22.5 Å². The minimum atomic E-state index is -3.88. The van der Waals surface area contributed by atoms with Gasteiger partial charge in [0, 0.05) is 19.2 Å². The van der Waals surface area contributed by atoms with Gasteiger partial charge in [0.15, 0.2) is 0 Å². The summed E-state index contributed by atoms with van der Waals surface area (Å²) in [6.45, 7) is 5.84. The van der Waals surface area contributed by atoms with E-state index in [0.29, 0.717) is 18.5 Å². The van der Waals surface area contributed by atoms with Gasteiger partial charge in [-0.3, -0.25) is 4.72 Å². The Kier molecular flexibility index (Phi) is 6.30. The smallest absolute Gasteiger partial charge is 0.339 e. The summed E-state index contributed by atoms with van der Waals surface area (Å²) in [5.74, 6) is -0.250. The van der Waals surface area contributed by atoms with E-state index in [1.54, 1.807) is 37.1 Å². The second-order valence-corrected chi connectivity index (χ2v) is 8.90. The number of sulfonamides is 1. The Morgan fingerprint density at radius 3 is 2.55 bits per heavy atom. The molecule has 0 saturated heterocycles. The van der Waals surface area contributed by atoms with Crippen LogP contribution < -0.4 is 9.62 Å². The Morgan fingerprint density at radius 2 is 1.94 bits per heavy atom. The molecule has 2 N–H and O–H groups in total. The number of rotatable bonds is 8. The summed E-state index contributed by atoms with van der Waals surface area (Å²) in [6.07, 6.45) is 1.91. The number of carboxylic acid groups (broad SMARTS) is 1. The summed E-state index contributed by atoms with van der Waals surface area (Å²) in [4.78, 5) is 17.9. The molecule has 3 aromatic rings. The summed E-state index contributed by atoms with van der Waals surface area (Å²) in [6, 6.07) is 7.81. The third-order valence-electron chi connectivity index (χ3n) is 4.97. The van der Waals surface area contributed by atoms with Crippen LogP contribution in [0.2, 0.25) is 0 Å². The molecule has 0 aliphatic rings. The number of nitrogens with zero attached hydrogens (tertiary/aromatic N) is 3. The Balaban J connectivity index is 1.84. The summed E-state index contributed by atoms with van der Waals surface area (Å²) >= 11 is 0. The number of carboxylic acids is 1. The number of nitrogens with one attached hydrogen (secondary N) is 1. The molecule has 0 amide bonds. The minimum absolute atomic E-state index is 0.0727. The van der Waals surface area contributed by atoms with Gasteiger partial charge in [-0.25, -0.2) is 18.2 Å². The molecule has 2 heterocycles. The Labute approximate surface area is 180 Å². The van der Waals surface area contributed by atoms with E-state index in [1.807, 2.05) is 13.8 Å². The quantitative estimate of drug-likeness (QED) is 0.543. The van der Waals surface area contributed by atoms with Crippen molar-refractivity contribution < 1.29 is 22.8 Å². The van der Waals surface area contributed by atoms with Gasteiger partial charge >= 0.3 is 5.97 Å². The van der Waals surface area contributed by atoms with Crippen molar-refractivity contribution in [3.05, 3.63) is 64.7 Å². The molecule has 0 spiro atoms. The number of aromatic carboxylic acids is 1. The molecule has 0 bridgehead atoms. The van der Waals surface area contributed by atoms with Gasteiger partial charge in [0.2, 0.25) is 0 Å². The third kappa shape index (κ3) is 4.85. The Bertz CT molecular complexity index is 1200. The molecule has 9 nitrogen and oxygen atoms in total. The topological polar surface area (TPSA) is 126 Å². The monoisotopic (exact) mass is 444 g/mol. The van der Waals surface area contributed by atoms with Crippen molar-refractivity contribution in [1.29, 1.82) is 0 Å². The largest absolute Gasteiger partial charge is 0.478 e. The zero-order valence-electron chi connectivity index (χ0n) is 17.7. The van der Waals surface area contributed by atoms with Crippen LogP contribution in [-0.4, -0.2) is 43.2 Å². The normalized spacial score (nSPS) is 11.4. The van der Waals surface area contributed by atoms with Crippen molar-refractivity contribution in [2.24, 2.45) is 0 Å². The maximum Gasteiger partial charge on any atom is 0.339 e. The number of pyridine rings is 1. The Hall–Kier alpha value is -3.40. The van der Waals surface area contributed by atoms with Crippen molar-refractivity contribution >= 4 is 27.5 Å². The first-order valence-corrected chi connectivity index (χ1v) is 11.0. The molecule has 31 heavy (non-hydrogen) atoms. The molecular formula is C21H24N4O5S. The number of likely N-dealkylation sites (N-methyl/N-ethyl adjacent to an activating group) is 1. The van der Waals surface area contributed by atoms with Crippen LogP contribution in [0.3, 0.4) is 0 Å². The number of anilines is 2. The zero-order valence-corrected chi connectivity index (χ0v) is 18.5. The Morgan fingerprint density at radius 1 is 1.23 bits per heavy atom. The van der Waals surface area contributed by atoms with Gasteiger partial charge in [-0.2, -0.15) is 0 Å². The second-order valence-electron chi connectivity index (χ2n) is 7.25. The highest BCUT2D eigenvalue weighted by Crippen LogP contribution is 2.24. The number of hydrogen-bond acceptors (Lipinski definition) is 7. The molecule has 1 aromatic carbocycles. The van der Waals surface area contributed by atoms with E-state index >= 15 is 0 Å². The van der Waals surface area contributed by atoms with E-state index in [1.165, 1.54) is 18.3 Å². The van der Waals surface area contributed by atoms with E-state index in [4.69, 9.17) is 4.52 Å². The molecular weight excluding hydrogens is 420 g/mol. The second kappa shape index (κ2) is 8.76. The van der Waals surface area contributed by atoms with Gasteiger partial charge in [0.1, 0.15) is 17.1 Å². The SMILES string of the molecule is Cc1ccccc1S(=O)(=O)Nc1cnc(N(C)CCc2c(C)noc2C)c(C(=O)O)c1. The fourth-order valence-electron chi connectivity index (χ4n) is 3.29. The van der Waals surface area contributed by atoms with E-state index in [-0.39, 0.29) is 22.0 Å². The fourth-order valence-corrected chi connectivity index (χ4v) is 4.57. The molecule has 0 atom stereocenters. The van der Waals surface area contributed by atoms with E-state index in [9.17, 15) is 18.3 Å². The maximum absolute atomic E-state index is 12.7. The van der Waals surface area contributed by atoms with Crippen LogP contribution in [0.15, 0.2) is 45.9 Å². The number of aryl methyl sites for hydroxylation is 3. The van der Waals surface area contributed by atoms with Gasteiger partial charge in [-0.1, -0.05) is 23.4 Å². The lowest BCUT2D eigenvalue weighted by Gasteiger charge is -2.20. The lowest BCUT2D eigenvalue weighted by Crippen LogP contribution is -2.24. The fraction of sp³-hybridized carbons (Fsp3) is 0.286. The highest BCUT2D eigenvalue weighted by Gasteiger charge is 2.21. The predicted octanol–water partition coefficient (Wildman–Crippen LogP) is 3.17. The number of aromatic nitrogens is 2. The molecule has 0 aliphatic carbocycles. The first-order chi connectivity index (χ1) is 14.6. The zero-order chi connectivity index (χ0) is 22.8. The van der Waals surface area contributed by atoms with Gasteiger partial charge in [-0.15, -0.1) is 0 Å². The van der Waals surface area contributed by atoms with Crippen molar-refractivity contribution in [2.45, 2.75) is 32.1 Å².